The Bertz CT molecular complexity index is 409. The number of nitrogens with zero attached hydrogens (tertiary/aromatic N) is 3. The SMILES string of the molecule is CCNC(=NCC1CCCN(C(C)C)C1)NCCN1CCCCC1CC. The molecule has 26 heavy (non-hydrogen) atoms. The molecule has 0 radical (unpaired) electrons. The van der Waals surface area contributed by atoms with Crippen molar-refractivity contribution in [3.63, 3.8) is 0 Å². The number of hydrogen-bond acceptors (Lipinski definition) is 3. The topological polar surface area (TPSA) is 42.9 Å². The lowest BCUT2D eigenvalue weighted by molar-refractivity contribution is 0.143. The molecule has 0 amide bonds. The monoisotopic (exact) mass is 365 g/mol. The zero-order valence-electron chi connectivity index (χ0n) is 17.8. The van der Waals surface area contributed by atoms with E-state index in [-0.39, 0.29) is 0 Å². The number of nitrogens with one attached hydrogen (secondary N) is 2. The van der Waals surface area contributed by atoms with Crippen LogP contribution >= 0.6 is 0 Å². The largest absolute Gasteiger partial charge is 0.357 e. The summed E-state index contributed by atoms with van der Waals surface area (Å²) < 4.78 is 0. The first-order valence-electron chi connectivity index (χ1n) is 11.1. The van der Waals surface area contributed by atoms with E-state index in [0.29, 0.717) is 12.0 Å². The van der Waals surface area contributed by atoms with Crippen LogP contribution in [0.25, 0.3) is 0 Å². The van der Waals surface area contributed by atoms with Gasteiger partial charge in [0, 0.05) is 44.8 Å². The van der Waals surface area contributed by atoms with Crippen LogP contribution in [-0.4, -0.2) is 73.7 Å². The summed E-state index contributed by atoms with van der Waals surface area (Å²) in [4.78, 5) is 10.2. The van der Waals surface area contributed by atoms with Crippen molar-refractivity contribution in [1.29, 1.82) is 0 Å². The molecule has 0 aliphatic carbocycles. The molecule has 2 aliphatic rings. The number of likely N-dealkylation sites (tertiary alicyclic amines) is 2. The zero-order valence-corrected chi connectivity index (χ0v) is 17.8. The van der Waals surface area contributed by atoms with E-state index in [1.165, 1.54) is 58.2 Å². The molecule has 0 aromatic heterocycles. The molecule has 2 saturated heterocycles. The van der Waals surface area contributed by atoms with Crippen molar-refractivity contribution in [1.82, 2.24) is 20.4 Å². The summed E-state index contributed by atoms with van der Waals surface area (Å²) >= 11 is 0. The van der Waals surface area contributed by atoms with Crippen LogP contribution in [0.4, 0.5) is 0 Å². The Morgan fingerprint density at radius 1 is 1.08 bits per heavy atom. The minimum atomic E-state index is 0.657. The Morgan fingerprint density at radius 2 is 1.92 bits per heavy atom. The molecule has 2 fully saturated rings. The lowest BCUT2D eigenvalue weighted by atomic mass is 9.97. The van der Waals surface area contributed by atoms with Gasteiger partial charge in [-0.15, -0.1) is 0 Å². The number of piperidine rings is 2. The van der Waals surface area contributed by atoms with Crippen molar-refractivity contribution >= 4 is 5.96 Å². The van der Waals surface area contributed by atoms with Gasteiger partial charge < -0.3 is 15.5 Å². The first-order valence-corrected chi connectivity index (χ1v) is 11.1. The Balaban J connectivity index is 1.77. The van der Waals surface area contributed by atoms with Crippen molar-refractivity contribution < 1.29 is 0 Å². The van der Waals surface area contributed by atoms with Crippen LogP contribution in [0.5, 0.6) is 0 Å². The van der Waals surface area contributed by atoms with Crippen molar-refractivity contribution in [2.45, 2.75) is 78.3 Å². The summed E-state index contributed by atoms with van der Waals surface area (Å²) in [5.74, 6) is 1.70. The Morgan fingerprint density at radius 3 is 2.65 bits per heavy atom. The molecule has 2 rings (SSSR count). The second-order valence-corrected chi connectivity index (χ2v) is 8.34. The highest BCUT2D eigenvalue weighted by Gasteiger charge is 2.22. The van der Waals surface area contributed by atoms with Gasteiger partial charge in [0.25, 0.3) is 0 Å². The van der Waals surface area contributed by atoms with Crippen LogP contribution < -0.4 is 10.6 Å². The maximum Gasteiger partial charge on any atom is 0.191 e. The van der Waals surface area contributed by atoms with Gasteiger partial charge in [-0.05, 0) is 71.9 Å². The van der Waals surface area contributed by atoms with Gasteiger partial charge in [-0.3, -0.25) is 9.89 Å². The molecule has 2 heterocycles. The first-order chi connectivity index (χ1) is 12.6. The highest BCUT2D eigenvalue weighted by Crippen LogP contribution is 2.19. The van der Waals surface area contributed by atoms with E-state index in [4.69, 9.17) is 4.99 Å². The summed E-state index contributed by atoms with van der Waals surface area (Å²) in [5.41, 5.74) is 0. The van der Waals surface area contributed by atoms with Crippen LogP contribution in [-0.2, 0) is 0 Å². The molecule has 2 atom stereocenters. The summed E-state index contributed by atoms with van der Waals surface area (Å²) in [6, 6.07) is 1.44. The van der Waals surface area contributed by atoms with E-state index in [2.05, 4.69) is 48.1 Å². The van der Waals surface area contributed by atoms with Gasteiger partial charge in [-0.1, -0.05) is 13.3 Å². The third kappa shape index (κ3) is 7.07. The predicted octanol–water partition coefficient (Wildman–Crippen LogP) is 2.93. The molecule has 0 saturated carbocycles. The molecule has 0 spiro atoms. The van der Waals surface area contributed by atoms with Gasteiger partial charge in [0.1, 0.15) is 0 Å². The quantitative estimate of drug-likeness (QED) is 0.513. The molecule has 5 nitrogen and oxygen atoms in total. The van der Waals surface area contributed by atoms with Crippen LogP contribution in [0.1, 0.15) is 66.2 Å². The summed E-state index contributed by atoms with van der Waals surface area (Å²) in [5, 5.41) is 7.00. The minimum absolute atomic E-state index is 0.657. The minimum Gasteiger partial charge on any atom is -0.357 e. The van der Waals surface area contributed by atoms with Gasteiger partial charge in [-0.25, -0.2) is 0 Å². The third-order valence-corrected chi connectivity index (χ3v) is 6.04. The smallest absolute Gasteiger partial charge is 0.191 e. The maximum absolute atomic E-state index is 4.90. The Kier molecular flexibility index (Phi) is 9.76. The third-order valence-electron chi connectivity index (χ3n) is 6.04. The van der Waals surface area contributed by atoms with Crippen molar-refractivity contribution in [2.24, 2.45) is 10.9 Å². The number of rotatable bonds is 8. The molecule has 2 N–H and O–H groups in total. The van der Waals surface area contributed by atoms with E-state index in [0.717, 1.165) is 38.2 Å². The molecule has 0 bridgehead atoms. The van der Waals surface area contributed by atoms with Gasteiger partial charge in [-0.2, -0.15) is 0 Å². The van der Waals surface area contributed by atoms with Gasteiger partial charge in [0.2, 0.25) is 0 Å². The zero-order chi connectivity index (χ0) is 18.8. The number of aliphatic imine (C=N–C) groups is 1. The second kappa shape index (κ2) is 11.8. The van der Waals surface area contributed by atoms with Gasteiger partial charge in [0.05, 0.1) is 0 Å². The highest BCUT2D eigenvalue weighted by molar-refractivity contribution is 5.79. The number of hydrogen-bond donors (Lipinski definition) is 2. The summed E-state index contributed by atoms with van der Waals surface area (Å²) in [7, 11) is 0. The lowest BCUT2D eigenvalue weighted by Crippen LogP contribution is -2.46. The molecule has 0 aromatic carbocycles. The average Bonchev–Trinajstić information content (AvgIpc) is 2.66. The van der Waals surface area contributed by atoms with E-state index in [1.807, 2.05) is 0 Å². The molecule has 2 unspecified atom stereocenters. The first kappa shape index (κ1) is 21.5. The fourth-order valence-corrected chi connectivity index (χ4v) is 4.41. The fourth-order valence-electron chi connectivity index (χ4n) is 4.41. The second-order valence-electron chi connectivity index (χ2n) is 8.34. The van der Waals surface area contributed by atoms with Crippen LogP contribution in [0.3, 0.4) is 0 Å². The van der Waals surface area contributed by atoms with Crippen molar-refractivity contribution in [3.8, 4) is 0 Å². The van der Waals surface area contributed by atoms with E-state index in [9.17, 15) is 0 Å². The molecular formula is C21H43N5. The molecular weight excluding hydrogens is 322 g/mol. The molecule has 5 heteroatoms. The fraction of sp³-hybridized carbons (Fsp3) is 0.952. The molecule has 0 aromatic rings. The van der Waals surface area contributed by atoms with Gasteiger partial charge in [0.15, 0.2) is 5.96 Å². The van der Waals surface area contributed by atoms with Crippen LogP contribution in [0, 0.1) is 5.92 Å². The molecule has 2 aliphatic heterocycles. The van der Waals surface area contributed by atoms with Gasteiger partial charge >= 0.3 is 0 Å². The van der Waals surface area contributed by atoms with Crippen LogP contribution in [0.2, 0.25) is 0 Å². The standard InChI is InChI=1S/C21H43N5/c1-5-20-11-7-8-13-25(20)15-12-23-21(22-6-2)24-16-19-10-9-14-26(17-19)18(3)4/h18-20H,5-17H2,1-4H3,(H2,22,23,24). The molecule has 152 valence electrons. The van der Waals surface area contributed by atoms with E-state index < -0.39 is 0 Å². The average molecular weight is 366 g/mol. The maximum atomic E-state index is 4.90. The van der Waals surface area contributed by atoms with Crippen molar-refractivity contribution in [2.75, 3.05) is 45.8 Å². The van der Waals surface area contributed by atoms with E-state index in [1.54, 1.807) is 0 Å². The Hall–Kier alpha value is -0.810. The van der Waals surface area contributed by atoms with Crippen molar-refractivity contribution in [3.05, 3.63) is 0 Å². The normalized spacial score (nSPS) is 26.3. The summed E-state index contributed by atoms with van der Waals surface area (Å²) in [6.07, 6.45) is 8.05. The highest BCUT2D eigenvalue weighted by atomic mass is 15.2. The summed E-state index contributed by atoms with van der Waals surface area (Å²) in [6.45, 7) is 16.8. The lowest BCUT2D eigenvalue weighted by Gasteiger charge is -2.35. The number of guanidine groups is 1. The predicted molar refractivity (Wildman–Crippen MR) is 113 cm³/mol. The Labute approximate surface area is 162 Å². The van der Waals surface area contributed by atoms with Crippen LogP contribution in [0.15, 0.2) is 4.99 Å². The van der Waals surface area contributed by atoms with E-state index >= 15 is 0 Å².